The number of anilines is 1. The van der Waals surface area contributed by atoms with E-state index in [1.165, 1.54) is 0 Å². The summed E-state index contributed by atoms with van der Waals surface area (Å²) in [6, 6.07) is 26.3. The van der Waals surface area contributed by atoms with Crippen LogP contribution in [0.25, 0.3) is 16.9 Å². The van der Waals surface area contributed by atoms with Gasteiger partial charge in [0, 0.05) is 36.1 Å². The first-order valence-electron chi connectivity index (χ1n) is 11.0. The Morgan fingerprint density at radius 1 is 0.879 bits per heavy atom. The Bertz CT molecular complexity index is 1250. The number of aromatic nitrogens is 2. The minimum absolute atomic E-state index is 0.0574. The first-order chi connectivity index (χ1) is 16.1. The standard InChI is InChI=1S/C27H26N4O2/c1-3-30(4-2)27(33)21-14-11-15-22(18-21)28-26(32)24-19-31(23-16-9-6-10-17-23)29-25(24)20-12-7-5-8-13-20/h5-19H,3-4H2,1-2H3,(H,28,32). The van der Waals surface area contributed by atoms with Crippen LogP contribution in [0, 0.1) is 0 Å². The Balaban J connectivity index is 1.67. The lowest BCUT2D eigenvalue weighted by molar-refractivity contribution is 0.0772. The van der Waals surface area contributed by atoms with Crippen LogP contribution in [0.1, 0.15) is 34.6 Å². The molecule has 6 heteroatoms. The lowest BCUT2D eigenvalue weighted by atomic mass is 10.1. The number of nitrogens with one attached hydrogen (secondary N) is 1. The van der Waals surface area contributed by atoms with Crippen molar-refractivity contribution >= 4 is 17.5 Å². The molecule has 0 atom stereocenters. The third-order valence-electron chi connectivity index (χ3n) is 5.44. The van der Waals surface area contributed by atoms with Gasteiger partial charge in [0.2, 0.25) is 0 Å². The van der Waals surface area contributed by atoms with Gasteiger partial charge < -0.3 is 10.2 Å². The summed E-state index contributed by atoms with van der Waals surface area (Å²) in [4.78, 5) is 27.8. The second-order valence-electron chi connectivity index (χ2n) is 7.55. The SMILES string of the molecule is CCN(CC)C(=O)c1cccc(NC(=O)c2cn(-c3ccccc3)nc2-c2ccccc2)c1. The molecule has 3 aromatic carbocycles. The van der Waals surface area contributed by atoms with Gasteiger partial charge in [-0.2, -0.15) is 5.10 Å². The highest BCUT2D eigenvalue weighted by Crippen LogP contribution is 2.25. The molecule has 166 valence electrons. The Morgan fingerprint density at radius 3 is 2.21 bits per heavy atom. The number of benzene rings is 3. The third-order valence-corrected chi connectivity index (χ3v) is 5.44. The van der Waals surface area contributed by atoms with Crippen molar-refractivity contribution in [3.63, 3.8) is 0 Å². The van der Waals surface area contributed by atoms with Crippen molar-refractivity contribution in [3.8, 4) is 16.9 Å². The molecule has 1 aromatic heterocycles. The van der Waals surface area contributed by atoms with Crippen molar-refractivity contribution in [2.75, 3.05) is 18.4 Å². The van der Waals surface area contributed by atoms with E-state index in [0.29, 0.717) is 35.6 Å². The predicted molar refractivity (Wildman–Crippen MR) is 131 cm³/mol. The second-order valence-corrected chi connectivity index (χ2v) is 7.55. The Kier molecular flexibility index (Phi) is 6.64. The molecule has 0 spiro atoms. The molecule has 0 saturated carbocycles. The summed E-state index contributed by atoms with van der Waals surface area (Å²) >= 11 is 0. The highest BCUT2D eigenvalue weighted by Gasteiger charge is 2.20. The zero-order valence-electron chi connectivity index (χ0n) is 18.7. The summed E-state index contributed by atoms with van der Waals surface area (Å²) in [6.07, 6.45) is 1.73. The number of hydrogen-bond donors (Lipinski definition) is 1. The molecule has 0 aliphatic carbocycles. The van der Waals surface area contributed by atoms with Crippen LogP contribution in [0.5, 0.6) is 0 Å². The zero-order chi connectivity index (χ0) is 23.2. The van der Waals surface area contributed by atoms with Gasteiger partial charge in [-0.15, -0.1) is 0 Å². The fourth-order valence-corrected chi connectivity index (χ4v) is 3.68. The van der Waals surface area contributed by atoms with Crippen LogP contribution >= 0.6 is 0 Å². The zero-order valence-corrected chi connectivity index (χ0v) is 18.7. The second kappa shape index (κ2) is 9.96. The first kappa shape index (κ1) is 22.0. The summed E-state index contributed by atoms with van der Waals surface area (Å²) in [5.74, 6) is -0.346. The minimum Gasteiger partial charge on any atom is -0.339 e. The van der Waals surface area contributed by atoms with Crippen LogP contribution < -0.4 is 5.32 Å². The van der Waals surface area contributed by atoms with E-state index in [1.54, 1.807) is 40.0 Å². The Morgan fingerprint density at radius 2 is 1.55 bits per heavy atom. The topological polar surface area (TPSA) is 67.2 Å². The maximum Gasteiger partial charge on any atom is 0.259 e. The fourth-order valence-electron chi connectivity index (χ4n) is 3.68. The van der Waals surface area contributed by atoms with Gasteiger partial charge in [0.15, 0.2) is 0 Å². The number of para-hydroxylation sites is 1. The molecule has 4 rings (SSSR count). The molecular weight excluding hydrogens is 412 g/mol. The van der Waals surface area contributed by atoms with E-state index in [9.17, 15) is 9.59 Å². The van der Waals surface area contributed by atoms with Gasteiger partial charge in [-0.3, -0.25) is 9.59 Å². The van der Waals surface area contributed by atoms with Crippen LogP contribution in [0.3, 0.4) is 0 Å². The molecule has 2 amide bonds. The van der Waals surface area contributed by atoms with Gasteiger partial charge in [0.1, 0.15) is 5.69 Å². The number of carbonyl (C=O) groups is 2. The van der Waals surface area contributed by atoms with E-state index in [2.05, 4.69) is 5.32 Å². The van der Waals surface area contributed by atoms with Crippen molar-refractivity contribution in [3.05, 3.63) is 102 Å². The van der Waals surface area contributed by atoms with E-state index in [-0.39, 0.29) is 11.8 Å². The van der Waals surface area contributed by atoms with E-state index in [0.717, 1.165) is 11.3 Å². The molecule has 0 bridgehead atoms. The lowest BCUT2D eigenvalue weighted by Gasteiger charge is -2.19. The van der Waals surface area contributed by atoms with Gasteiger partial charge >= 0.3 is 0 Å². The van der Waals surface area contributed by atoms with Crippen molar-refractivity contribution in [2.24, 2.45) is 0 Å². The largest absolute Gasteiger partial charge is 0.339 e. The van der Waals surface area contributed by atoms with Gasteiger partial charge in [0.05, 0.1) is 11.3 Å². The summed E-state index contributed by atoms with van der Waals surface area (Å²) in [7, 11) is 0. The van der Waals surface area contributed by atoms with Gasteiger partial charge in [-0.05, 0) is 44.2 Å². The first-order valence-corrected chi connectivity index (χ1v) is 11.0. The van der Waals surface area contributed by atoms with E-state index in [4.69, 9.17) is 5.10 Å². The van der Waals surface area contributed by atoms with Crippen LogP contribution in [0.2, 0.25) is 0 Å². The molecule has 4 aromatic rings. The number of carbonyl (C=O) groups excluding carboxylic acids is 2. The molecular formula is C27H26N4O2. The molecule has 0 unspecified atom stereocenters. The molecule has 6 nitrogen and oxygen atoms in total. The Labute approximate surface area is 193 Å². The average molecular weight is 439 g/mol. The van der Waals surface area contributed by atoms with E-state index >= 15 is 0 Å². The molecule has 0 radical (unpaired) electrons. The predicted octanol–water partition coefficient (Wildman–Crippen LogP) is 5.27. The molecule has 0 aliphatic rings. The Hall–Kier alpha value is -4.19. The summed E-state index contributed by atoms with van der Waals surface area (Å²) in [6.45, 7) is 5.15. The van der Waals surface area contributed by atoms with E-state index in [1.807, 2.05) is 74.5 Å². The lowest BCUT2D eigenvalue weighted by Crippen LogP contribution is -2.30. The maximum atomic E-state index is 13.3. The summed E-state index contributed by atoms with van der Waals surface area (Å²) < 4.78 is 1.71. The number of nitrogens with zero attached hydrogens (tertiary/aromatic N) is 3. The van der Waals surface area contributed by atoms with Gasteiger partial charge in [0.25, 0.3) is 11.8 Å². The van der Waals surface area contributed by atoms with Crippen molar-refractivity contribution in [1.29, 1.82) is 0 Å². The monoisotopic (exact) mass is 438 g/mol. The maximum absolute atomic E-state index is 13.3. The molecule has 33 heavy (non-hydrogen) atoms. The van der Waals surface area contributed by atoms with Crippen molar-refractivity contribution in [2.45, 2.75) is 13.8 Å². The summed E-state index contributed by atoms with van der Waals surface area (Å²) in [5.41, 5.74) is 3.85. The van der Waals surface area contributed by atoms with Gasteiger partial charge in [-0.25, -0.2) is 4.68 Å². The molecule has 1 heterocycles. The van der Waals surface area contributed by atoms with Crippen molar-refractivity contribution < 1.29 is 9.59 Å². The molecule has 1 N–H and O–H groups in total. The molecule has 0 saturated heterocycles. The minimum atomic E-state index is -0.288. The highest BCUT2D eigenvalue weighted by molar-refractivity contribution is 6.08. The van der Waals surface area contributed by atoms with Crippen LogP contribution in [0.15, 0.2) is 91.1 Å². The average Bonchev–Trinajstić information content (AvgIpc) is 3.32. The number of rotatable bonds is 7. The molecule has 0 aliphatic heterocycles. The van der Waals surface area contributed by atoms with E-state index < -0.39 is 0 Å². The highest BCUT2D eigenvalue weighted by atomic mass is 16.2. The number of amides is 2. The number of hydrogen-bond acceptors (Lipinski definition) is 3. The van der Waals surface area contributed by atoms with Crippen molar-refractivity contribution in [1.82, 2.24) is 14.7 Å². The quantitative estimate of drug-likeness (QED) is 0.427. The fraction of sp³-hybridized carbons (Fsp3) is 0.148. The van der Waals surface area contributed by atoms with Gasteiger partial charge in [-0.1, -0.05) is 54.6 Å². The summed E-state index contributed by atoms with van der Waals surface area (Å²) in [5, 5.41) is 7.64. The molecule has 0 fully saturated rings. The van der Waals surface area contributed by atoms with Crippen LogP contribution in [-0.4, -0.2) is 39.6 Å². The van der Waals surface area contributed by atoms with Crippen LogP contribution in [-0.2, 0) is 0 Å². The third kappa shape index (κ3) is 4.85. The smallest absolute Gasteiger partial charge is 0.259 e. The van der Waals surface area contributed by atoms with Crippen LogP contribution in [0.4, 0.5) is 5.69 Å². The normalized spacial score (nSPS) is 10.6.